The molecule has 1 aliphatic carbocycles. The molecule has 1 heteroatoms. The van der Waals surface area contributed by atoms with Crippen LogP contribution in [-0.2, 0) is 6.04 Å². The molecule has 0 aromatic heterocycles. The molecule has 16 heavy (non-hydrogen) atoms. The number of allylic oxidation sites excluding steroid dienone is 4. The second-order valence-electron chi connectivity index (χ2n) is 4.51. The van der Waals surface area contributed by atoms with Gasteiger partial charge >= 0.3 is 0 Å². The molecule has 0 spiro atoms. The lowest BCUT2D eigenvalue weighted by molar-refractivity contribution is 0.972. The van der Waals surface area contributed by atoms with E-state index in [-0.39, 0.29) is 0 Å². The predicted octanol–water partition coefficient (Wildman–Crippen LogP) is 3.72. The summed E-state index contributed by atoms with van der Waals surface area (Å²) < 4.78 is 0. The van der Waals surface area contributed by atoms with E-state index in [4.69, 9.17) is 0 Å². The molecule has 1 unspecified atom stereocenters. The fourth-order valence-electron chi connectivity index (χ4n) is 2.52. The van der Waals surface area contributed by atoms with Crippen LogP contribution in [0.4, 0.5) is 0 Å². The zero-order valence-electron chi connectivity index (χ0n) is 10.2. The molecule has 0 fully saturated rings. The molecular formula is C15H17Si. The number of hydrogen-bond donors (Lipinski definition) is 0. The minimum atomic E-state index is 0.541. The lowest BCUT2D eigenvalue weighted by atomic mass is 9.91. The smallest absolute Gasteiger partial charge is 0.0284 e. The fourth-order valence-corrected chi connectivity index (χ4v) is 2.83. The summed E-state index contributed by atoms with van der Waals surface area (Å²) in [6, 6.07) is 9.58. The van der Waals surface area contributed by atoms with Gasteiger partial charge in [-0.25, -0.2) is 0 Å². The summed E-state index contributed by atoms with van der Waals surface area (Å²) in [5, 5.41) is 0. The quantitative estimate of drug-likeness (QED) is 0.673. The summed E-state index contributed by atoms with van der Waals surface area (Å²) in [5.74, 6) is 0.541. The molecule has 0 saturated heterocycles. The van der Waals surface area contributed by atoms with E-state index in [2.05, 4.69) is 61.4 Å². The van der Waals surface area contributed by atoms with Gasteiger partial charge in [-0.3, -0.25) is 0 Å². The zero-order valence-corrected chi connectivity index (χ0v) is 11.2. The Morgan fingerprint density at radius 3 is 2.44 bits per heavy atom. The SMILES string of the molecule is CC1=CC(C)C(c2ccccc2C[Si])=C1C. The molecule has 1 aliphatic rings. The monoisotopic (exact) mass is 225 g/mol. The van der Waals surface area contributed by atoms with E-state index in [1.165, 1.54) is 27.8 Å². The standard InChI is InChI=1S/C15H17Si/c1-10-8-11(2)15(12(10)3)14-7-5-4-6-13(14)9-16/h4-8,11H,9H2,1-3H3. The van der Waals surface area contributed by atoms with Gasteiger partial charge in [-0.2, -0.15) is 0 Å². The average molecular weight is 225 g/mol. The average Bonchev–Trinajstić information content (AvgIpc) is 2.53. The van der Waals surface area contributed by atoms with Gasteiger partial charge in [-0.15, -0.1) is 0 Å². The van der Waals surface area contributed by atoms with Gasteiger partial charge in [0.15, 0.2) is 0 Å². The van der Waals surface area contributed by atoms with Crippen LogP contribution in [0.5, 0.6) is 0 Å². The third-order valence-corrected chi connectivity index (χ3v) is 3.83. The molecule has 1 aromatic carbocycles. The molecule has 3 radical (unpaired) electrons. The van der Waals surface area contributed by atoms with Crippen LogP contribution in [0.1, 0.15) is 31.9 Å². The molecule has 0 amide bonds. The van der Waals surface area contributed by atoms with Crippen LogP contribution < -0.4 is 0 Å². The van der Waals surface area contributed by atoms with Crippen LogP contribution in [0.25, 0.3) is 5.57 Å². The van der Waals surface area contributed by atoms with E-state index in [0.29, 0.717) is 5.92 Å². The molecule has 0 aliphatic heterocycles. The second kappa shape index (κ2) is 4.42. The maximum absolute atomic E-state index is 3.62. The Labute approximate surface area is 102 Å². The Morgan fingerprint density at radius 1 is 1.19 bits per heavy atom. The topological polar surface area (TPSA) is 0 Å². The van der Waals surface area contributed by atoms with Gasteiger partial charge in [0.25, 0.3) is 0 Å². The van der Waals surface area contributed by atoms with Crippen molar-refractivity contribution in [3.05, 3.63) is 52.6 Å². The lowest BCUT2D eigenvalue weighted by Crippen LogP contribution is -1.98. The minimum Gasteiger partial charge on any atom is -0.0740 e. The first-order valence-electron chi connectivity index (χ1n) is 5.77. The Bertz CT molecular complexity index is 466. The third kappa shape index (κ3) is 1.80. The summed E-state index contributed by atoms with van der Waals surface area (Å²) >= 11 is 0. The van der Waals surface area contributed by atoms with Gasteiger partial charge in [-0.1, -0.05) is 42.8 Å². The van der Waals surface area contributed by atoms with Gasteiger partial charge in [0, 0.05) is 16.2 Å². The first kappa shape index (κ1) is 11.4. The number of rotatable bonds is 2. The van der Waals surface area contributed by atoms with Crippen LogP contribution >= 0.6 is 0 Å². The van der Waals surface area contributed by atoms with Crippen molar-refractivity contribution in [1.29, 1.82) is 0 Å². The number of benzene rings is 1. The van der Waals surface area contributed by atoms with Gasteiger partial charge in [0.1, 0.15) is 0 Å². The Kier molecular flexibility index (Phi) is 3.15. The molecule has 0 bridgehead atoms. The lowest BCUT2D eigenvalue weighted by Gasteiger charge is -2.14. The van der Waals surface area contributed by atoms with Crippen LogP contribution in [0, 0.1) is 5.92 Å². The number of hydrogen-bond acceptors (Lipinski definition) is 0. The molecule has 0 N–H and O–H groups in total. The highest BCUT2D eigenvalue weighted by Gasteiger charge is 2.20. The minimum absolute atomic E-state index is 0.541. The van der Waals surface area contributed by atoms with Gasteiger partial charge < -0.3 is 0 Å². The highest BCUT2D eigenvalue weighted by molar-refractivity contribution is 6.08. The molecule has 81 valence electrons. The summed E-state index contributed by atoms with van der Waals surface area (Å²) in [6.07, 6.45) is 2.36. The first-order chi connectivity index (χ1) is 7.65. The van der Waals surface area contributed by atoms with Crippen LogP contribution in [0.2, 0.25) is 0 Å². The zero-order chi connectivity index (χ0) is 11.7. The Hall–Kier alpha value is -1.08. The van der Waals surface area contributed by atoms with Gasteiger partial charge in [0.2, 0.25) is 0 Å². The molecule has 0 heterocycles. The molecular weight excluding hydrogens is 208 g/mol. The van der Waals surface area contributed by atoms with Crippen molar-refractivity contribution in [2.75, 3.05) is 0 Å². The molecule has 1 atom stereocenters. The van der Waals surface area contributed by atoms with Crippen molar-refractivity contribution in [1.82, 2.24) is 0 Å². The largest absolute Gasteiger partial charge is 0.0740 e. The van der Waals surface area contributed by atoms with Crippen molar-refractivity contribution in [3.63, 3.8) is 0 Å². The normalized spacial score (nSPS) is 20.2. The molecule has 0 nitrogen and oxygen atoms in total. The van der Waals surface area contributed by atoms with Crippen LogP contribution in [0.15, 0.2) is 41.5 Å². The summed E-state index contributed by atoms with van der Waals surface area (Å²) in [5.41, 5.74) is 7.14. The highest BCUT2D eigenvalue weighted by Crippen LogP contribution is 2.38. The fraction of sp³-hybridized carbons (Fsp3) is 0.333. The van der Waals surface area contributed by atoms with E-state index in [0.717, 1.165) is 6.04 Å². The van der Waals surface area contributed by atoms with Crippen molar-refractivity contribution in [2.24, 2.45) is 5.92 Å². The van der Waals surface area contributed by atoms with E-state index in [1.54, 1.807) is 0 Å². The maximum Gasteiger partial charge on any atom is 0.0284 e. The van der Waals surface area contributed by atoms with Crippen molar-refractivity contribution >= 4 is 15.8 Å². The predicted molar refractivity (Wildman–Crippen MR) is 71.4 cm³/mol. The van der Waals surface area contributed by atoms with Crippen molar-refractivity contribution in [2.45, 2.75) is 26.8 Å². The first-order valence-corrected chi connectivity index (χ1v) is 6.48. The van der Waals surface area contributed by atoms with Crippen LogP contribution in [-0.4, -0.2) is 10.2 Å². The summed E-state index contributed by atoms with van der Waals surface area (Å²) in [6.45, 7) is 6.71. The maximum atomic E-state index is 3.62. The van der Waals surface area contributed by atoms with Gasteiger partial charge in [0.05, 0.1) is 0 Å². The molecule has 0 saturated carbocycles. The van der Waals surface area contributed by atoms with E-state index < -0.39 is 0 Å². The molecule has 1 aromatic rings. The van der Waals surface area contributed by atoms with E-state index in [1.807, 2.05) is 0 Å². The summed E-state index contributed by atoms with van der Waals surface area (Å²) in [4.78, 5) is 0. The van der Waals surface area contributed by atoms with E-state index >= 15 is 0 Å². The van der Waals surface area contributed by atoms with Crippen molar-refractivity contribution in [3.8, 4) is 0 Å². The third-order valence-electron chi connectivity index (χ3n) is 3.45. The Morgan fingerprint density at radius 2 is 1.88 bits per heavy atom. The van der Waals surface area contributed by atoms with Crippen molar-refractivity contribution < 1.29 is 0 Å². The summed E-state index contributed by atoms with van der Waals surface area (Å²) in [7, 11) is 3.62. The Balaban J connectivity index is 2.54. The van der Waals surface area contributed by atoms with Crippen LogP contribution in [0.3, 0.4) is 0 Å². The highest BCUT2D eigenvalue weighted by atomic mass is 28.1. The second-order valence-corrected chi connectivity index (χ2v) is 4.86. The van der Waals surface area contributed by atoms with Gasteiger partial charge in [-0.05, 0) is 42.2 Å². The molecule has 2 rings (SSSR count). The van der Waals surface area contributed by atoms with E-state index in [9.17, 15) is 0 Å².